The van der Waals surface area contributed by atoms with Gasteiger partial charge in [-0.2, -0.15) is 0 Å². The monoisotopic (exact) mass is 208 g/mol. The Kier molecular flexibility index (Phi) is 1.87. The average Bonchev–Trinajstić information content (AvgIpc) is 1.97. The van der Waals surface area contributed by atoms with Gasteiger partial charge < -0.3 is 0 Å². The molecule has 4 aliphatic rings. The Morgan fingerprint density at radius 2 is 1.71 bits per heavy atom. The van der Waals surface area contributed by atoms with E-state index in [-0.39, 0.29) is 0 Å². The first-order chi connectivity index (χ1) is 6.58. The van der Waals surface area contributed by atoms with Gasteiger partial charge in [0.05, 0.1) is 0 Å². The van der Waals surface area contributed by atoms with Gasteiger partial charge in [0, 0.05) is 0 Å². The summed E-state index contributed by atoms with van der Waals surface area (Å²) in [6, 6.07) is 0. The minimum absolute atomic E-state index is 0.598. The maximum atomic E-state index is 5.50. The van der Waals surface area contributed by atoms with Crippen LogP contribution in [0, 0.1) is 29.1 Å². The molecular formula is C13H20S. The average molecular weight is 208 g/mol. The summed E-state index contributed by atoms with van der Waals surface area (Å²) in [7, 11) is 0. The standard InChI is InChI=1S/C13H20S/c1-8(14)12-11-4-9-3-10(5-11)7-13(12,2)6-9/h9-12H,3-7H2,1-2H3. The van der Waals surface area contributed by atoms with Crippen molar-refractivity contribution in [2.45, 2.75) is 46.0 Å². The van der Waals surface area contributed by atoms with Crippen molar-refractivity contribution in [1.29, 1.82) is 0 Å². The second-order valence-electron chi connectivity index (χ2n) is 6.35. The predicted molar refractivity (Wildman–Crippen MR) is 63.4 cm³/mol. The first-order valence-electron chi connectivity index (χ1n) is 6.09. The van der Waals surface area contributed by atoms with Gasteiger partial charge in [-0.1, -0.05) is 19.1 Å². The fourth-order valence-electron chi connectivity index (χ4n) is 5.27. The van der Waals surface area contributed by atoms with Crippen LogP contribution < -0.4 is 0 Å². The topological polar surface area (TPSA) is 0 Å². The van der Waals surface area contributed by atoms with Crippen LogP contribution in [0.15, 0.2) is 0 Å². The molecule has 4 fully saturated rings. The Balaban J connectivity index is 1.97. The van der Waals surface area contributed by atoms with E-state index in [1.165, 1.54) is 37.0 Å². The van der Waals surface area contributed by atoms with Crippen molar-refractivity contribution in [2.24, 2.45) is 29.1 Å². The SMILES string of the molecule is CC(=S)C1C2CC3CC(C2)CC1(C)C3. The Morgan fingerprint density at radius 1 is 1.14 bits per heavy atom. The summed E-state index contributed by atoms with van der Waals surface area (Å²) in [5.41, 5.74) is 0.598. The maximum absolute atomic E-state index is 5.50. The molecule has 14 heavy (non-hydrogen) atoms. The van der Waals surface area contributed by atoms with Gasteiger partial charge in [-0.15, -0.1) is 0 Å². The summed E-state index contributed by atoms with van der Waals surface area (Å²) in [6.07, 6.45) is 7.46. The minimum Gasteiger partial charge on any atom is -0.0897 e. The maximum Gasteiger partial charge on any atom is -0.00183 e. The lowest BCUT2D eigenvalue weighted by Crippen LogP contribution is -2.53. The molecule has 0 nitrogen and oxygen atoms in total. The van der Waals surface area contributed by atoms with Crippen LogP contribution >= 0.6 is 12.2 Å². The van der Waals surface area contributed by atoms with Gasteiger partial charge in [0.25, 0.3) is 0 Å². The Morgan fingerprint density at radius 3 is 2.14 bits per heavy atom. The van der Waals surface area contributed by atoms with Crippen LogP contribution in [0.1, 0.15) is 46.0 Å². The molecule has 0 aromatic heterocycles. The molecule has 78 valence electrons. The van der Waals surface area contributed by atoms with E-state index >= 15 is 0 Å². The van der Waals surface area contributed by atoms with Gasteiger partial charge in [-0.3, -0.25) is 0 Å². The molecule has 0 spiro atoms. The van der Waals surface area contributed by atoms with E-state index in [4.69, 9.17) is 12.2 Å². The molecule has 0 radical (unpaired) electrons. The van der Waals surface area contributed by atoms with Crippen molar-refractivity contribution < 1.29 is 0 Å². The van der Waals surface area contributed by atoms with Gasteiger partial charge in [-0.05, 0) is 73.0 Å². The van der Waals surface area contributed by atoms with Crippen LogP contribution in [0.3, 0.4) is 0 Å². The van der Waals surface area contributed by atoms with Crippen molar-refractivity contribution in [3.63, 3.8) is 0 Å². The molecule has 0 aliphatic heterocycles. The molecular weight excluding hydrogens is 188 g/mol. The van der Waals surface area contributed by atoms with Gasteiger partial charge in [0.15, 0.2) is 0 Å². The molecule has 3 unspecified atom stereocenters. The summed E-state index contributed by atoms with van der Waals surface area (Å²) >= 11 is 5.50. The van der Waals surface area contributed by atoms with E-state index in [9.17, 15) is 0 Å². The largest absolute Gasteiger partial charge is 0.0897 e. The minimum atomic E-state index is 0.598. The summed E-state index contributed by atoms with van der Waals surface area (Å²) in [5.74, 6) is 3.86. The van der Waals surface area contributed by atoms with E-state index in [0.29, 0.717) is 5.41 Å². The van der Waals surface area contributed by atoms with Crippen LogP contribution in [0.4, 0.5) is 0 Å². The third kappa shape index (κ3) is 1.14. The lowest BCUT2D eigenvalue weighted by molar-refractivity contribution is -0.0698. The van der Waals surface area contributed by atoms with Crippen LogP contribution in [0.2, 0.25) is 0 Å². The van der Waals surface area contributed by atoms with Crippen molar-refractivity contribution in [2.75, 3.05) is 0 Å². The molecule has 0 aromatic rings. The Hall–Kier alpha value is 0.0900. The Bertz CT molecular complexity index is 267. The highest BCUT2D eigenvalue weighted by molar-refractivity contribution is 7.80. The third-order valence-corrected chi connectivity index (χ3v) is 5.36. The highest BCUT2D eigenvalue weighted by Gasteiger charge is 2.54. The zero-order chi connectivity index (χ0) is 9.92. The molecule has 0 saturated heterocycles. The van der Waals surface area contributed by atoms with Crippen molar-refractivity contribution in [1.82, 2.24) is 0 Å². The first-order valence-corrected chi connectivity index (χ1v) is 6.50. The van der Waals surface area contributed by atoms with Gasteiger partial charge in [0.1, 0.15) is 0 Å². The summed E-state index contributed by atoms with van der Waals surface area (Å²) in [5, 5.41) is 0. The normalized spacial score (nSPS) is 55.0. The van der Waals surface area contributed by atoms with Crippen LogP contribution in [-0.2, 0) is 0 Å². The van der Waals surface area contributed by atoms with E-state index in [1.807, 2.05) is 0 Å². The number of hydrogen-bond donors (Lipinski definition) is 0. The quantitative estimate of drug-likeness (QED) is 0.590. The molecule has 0 aromatic carbocycles. The van der Waals surface area contributed by atoms with Gasteiger partial charge in [-0.25, -0.2) is 0 Å². The van der Waals surface area contributed by atoms with Gasteiger partial charge in [0.2, 0.25) is 0 Å². The van der Waals surface area contributed by atoms with Crippen LogP contribution in [-0.4, -0.2) is 4.86 Å². The lowest BCUT2D eigenvalue weighted by atomic mass is 9.45. The van der Waals surface area contributed by atoms with Crippen molar-refractivity contribution in [3.05, 3.63) is 0 Å². The van der Waals surface area contributed by atoms with E-state index in [0.717, 1.165) is 23.7 Å². The van der Waals surface area contributed by atoms with E-state index < -0.39 is 0 Å². The molecule has 0 heterocycles. The molecule has 0 amide bonds. The molecule has 4 bridgehead atoms. The number of rotatable bonds is 1. The molecule has 3 atom stereocenters. The zero-order valence-corrected chi connectivity index (χ0v) is 10.1. The van der Waals surface area contributed by atoms with Gasteiger partial charge >= 0.3 is 0 Å². The predicted octanol–water partition coefficient (Wildman–Crippen LogP) is 3.84. The van der Waals surface area contributed by atoms with E-state index in [2.05, 4.69) is 13.8 Å². The highest BCUT2D eigenvalue weighted by atomic mass is 32.1. The summed E-state index contributed by atoms with van der Waals surface area (Å²) in [6.45, 7) is 4.70. The molecule has 4 aliphatic carbocycles. The van der Waals surface area contributed by atoms with Crippen molar-refractivity contribution >= 4 is 17.1 Å². The number of thiocarbonyl (C=S) groups is 1. The fraction of sp³-hybridized carbons (Fsp3) is 0.923. The fourth-order valence-corrected chi connectivity index (χ4v) is 5.75. The third-order valence-electron chi connectivity index (χ3n) is 5.11. The van der Waals surface area contributed by atoms with E-state index in [1.54, 1.807) is 0 Å². The first kappa shape index (κ1) is 9.33. The summed E-state index contributed by atoms with van der Waals surface area (Å²) < 4.78 is 0. The second kappa shape index (κ2) is 2.81. The van der Waals surface area contributed by atoms with Crippen molar-refractivity contribution in [3.8, 4) is 0 Å². The number of hydrogen-bond acceptors (Lipinski definition) is 1. The second-order valence-corrected chi connectivity index (χ2v) is 6.99. The molecule has 0 N–H and O–H groups in total. The summed E-state index contributed by atoms with van der Waals surface area (Å²) in [4.78, 5) is 1.30. The Labute approximate surface area is 92.5 Å². The zero-order valence-electron chi connectivity index (χ0n) is 9.25. The van der Waals surface area contributed by atoms with Crippen LogP contribution in [0.25, 0.3) is 0 Å². The van der Waals surface area contributed by atoms with Crippen LogP contribution in [0.5, 0.6) is 0 Å². The highest BCUT2D eigenvalue weighted by Crippen LogP contribution is 2.62. The lowest BCUT2D eigenvalue weighted by Gasteiger charge is -2.60. The molecule has 4 rings (SSSR count). The molecule has 4 saturated carbocycles. The smallest absolute Gasteiger partial charge is 0.00183 e. The molecule has 1 heteroatoms.